The lowest BCUT2D eigenvalue weighted by Crippen LogP contribution is -2.23. The molecule has 6 heteroatoms. The van der Waals surface area contributed by atoms with E-state index in [1.54, 1.807) is 12.1 Å². The second kappa shape index (κ2) is 6.85. The summed E-state index contributed by atoms with van der Waals surface area (Å²) in [6, 6.07) is 19.0. The van der Waals surface area contributed by atoms with Gasteiger partial charge in [-0.2, -0.15) is 4.98 Å². The quantitative estimate of drug-likeness (QED) is 0.476. The maximum Gasteiger partial charge on any atom is 0.250 e. The van der Waals surface area contributed by atoms with Crippen LogP contribution in [0.1, 0.15) is 18.5 Å². The first kappa shape index (κ1) is 16.1. The summed E-state index contributed by atoms with van der Waals surface area (Å²) in [5.74, 6) is 0.687. The molecular weight excluding hydrogens is 328 g/mol. The molecule has 130 valence electrons. The fraction of sp³-hybridized carbons (Fsp3) is 0.100. The maximum atomic E-state index is 9.44. The van der Waals surface area contributed by atoms with Crippen LogP contribution in [0.25, 0.3) is 22.3 Å². The molecule has 6 nitrogen and oxygen atoms in total. The van der Waals surface area contributed by atoms with E-state index < -0.39 is 0 Å². The Hall–Kier alpha value is -3.38. The number of nitrogens with zero attached hydrogens (tertiary/aromatic N) is 2. The van der Waals surface area contributed by atoms with E-state index in [-0.39, 0.29) is 11.8 Å². The number of aromatic nitrogens is 3. The van der Waals surface area contributed by atoms with Crippen LogP contribution in [0.5, 0.6) is 11.6 Å². The van der Waals surface area contributed by atoms with Crippen LogP contribution in [0.2, 0.25) is 0 Å². The lowest BCUT2D eigenvalue weighted by molar-refractivity contribution is 0.157. The van der Waals surface area contributed by atoms with Crippen LogP contribution in [0.15, 0.2) is 67.0 Å². The molecule has 0 aliphatic rings. The Labute approximate surface area is 150 Å². The molecule has 3 N–H and O–H groups in total. The zero-order valence-corrected chi connectivity index (χ0v) is 14.2. The number of aromatic amines is 1. The van der Waals surface area contributed by atoms with Gasteiger partial charge in [-0.15, -0.1) is 5.48 Å². The number of rotatable bonds is 5. The number of fused-ring (bicyclic) bond motifs is 1. The van der Waals surface area contributed by atoms with Crippen LogP contribution in [-0.2, 0) is 0 Å². The summed E-state index contributed by atoms with van der Waals surface area (Å²) in [6.45, 7) is 2.02. The Morgan fingerprint density at radius 3 is 2.58 bits per heavy atom. The van der Waals surface area contributed by atoms with Crippen LogP contribution in [0, 0.1) is 0 Å². The summed E-state index contributed by atoms with van der Waals surface area (Å²) in [7, 11) is 0. The Balaban J connectivity index is 1.58. The highest BCUT2D eigenvalue weighted by Crippen LogP contribution is 2.28. The molecule has 0 bridgehead atoms. The predicted octanol–water partition coefficient (Wildman–Crippen LogP) is 3.98. The monoisotopic (exact) mass is 346 g/mol. The van der Waals surface area contributed by atoms with E-state index in [4.69, 9.17) is 4.84 Å². The van der Waals surface area contributed by atoms with Crippen LogP contribution in [0.3, 0.4) is 0 Å². The van der Waals surface area contributed by atoms with E-state index >= 15 is 0 Å². The van der Waals surface area contributed by atoms with Gasteiger partial charge in [-0.1, -0.05) is 30.3 Å². The van der Waals surface area contributed by atoms with Gasteiger partial charge in [0.15, 0.2) is 0 Å². The third-order valence-corrected chi connectivity index (χ3v) is 4.20. The molecule has 0 aliphatic carbocycles. The van der Waals surface area contributed by atoms with Gasteiger partial charge in [0.05, 0.1) is 11.4 Å². The molecule has 0 saturated carbocycles. The standard InChI is InChI=1S/C20H18N4O2/c1-13(14-5-3-2-4-6-14)24-26-20-17-11-18(23-19(17)21-12-22-20)15-7-9-16(25)10-8-15/h2-13,24-25H,1H3,(H,21,22,23). The highest BCUT2D eigenvalue weighted by Gasteiger charge is 2.12. The molecule has 4 aromatic rings. The molecule has 0 fully saturated rings. The van der Waals surface area contributed by atoms with Crippen molar-refractivity contribution in [2.24, 2.45) is 0 Å². The average molecular weight is 346 g/mol. The zero-order chi connectivity index (χ0) is 17.9. The molecule has 2 aromatic heterocycles. The highest BCUT2D eigenvalue weighted by molar-refractivity contribution is 5.86. The van der Waals surface area contributed by atoms with Crippen molar-refractivity contribution in [3.05, 3.63) is 72.6 Å². The largest absolute Gasteiger partial charge is 0.508 e. The summed E-state index contributed by atoms with van der Waals surface area (Å²) < 4.78 is 0. The minimum atomic E-state index is 0.0109. The van der Waals surface area contributed by atoms with Gasteiger partial charge in [0.1, 0.15) is 17.7 Å². The predicted molar refractivity (Wildman–Crippen MR) is 99.6 cm³/mol. The van der Waals surface area contributed by atoms with Gasteiger partial charge < -0.3 is 14.9 Å². The SMILES string of the molecule is CC(NOc1ncnc2[nH]c(-c3ccc(O)cc3)cc12)c1ccccc1. The molecule has 0 radical (unpaired) electrons. The van der Waals surface area contributed by atoms with Crippen LogP contribution < -0.4 is 10.3 Å². The number of hydrogen-bond donors (Lipinski definition) is 3. The number of hydroxylamine groups is 1. The number of nitrogens with one attached hydrogen (secondary N) is 2. The molecule has 0 amide bonds. The molecule has 1 atom stereocenters. The molecule has 0 spiro atoms. The first-order valence-electron chi connectivity index (χ1n) is 8.31. The summed E-state index contributed by atoms with van der Waals surface area (Å²) in [4.78, 5) is 17.5. The van der Waals surface area contributed by atoms with Crippen LogP contribution in [0.4, 0.5) is 0 Å². The van der Waals surface area contributed by atoms with E-state index in [1.165, 1.54) is 6.33 Å². The number of H-pyrrole nitrogens is 1. The third-order valence-electron chi connectivity index (χ3n) is 4.20. The molecule has 2 heterocycles. The first-order valence-corrected chi connectivity index (χ1v) is 8.31. The van der Waals surface area contributed by atoms with Crippen molar-refractivity contribution in [1.82, 2.24) is 20.4 Å². The fourth-order valence-corrected chi connectivity index (χ4v) is 2.75. The topological polar surface area (TPSA) is 83.1 Å². The lowest BCUT2D eigenvalue weighted by Gasteiger charge is -2.14. The Bertz CT molecular complexity index is 1010. The van der Waals surface area contributed by atoms with Gasteiger partial charge in [0.25, 0.3) is 0 Å². The van der Waals surface area contributed by atoms with Crippen LogP contribution in [-0.4, -0.2) is 20.1 Å². The minimum absolute atomic E-state index is 0.0109. The fourth-order valence-electron chi connectivity index (χ4n) is 2.75. The minimum Gasteiger partial charge on any atom is -0.508 e. The van der Waals surface area contributed by atoms with Crippen molar-refractivity contribution in [2.75, 3.05) is 0 Å². The van der Waals surface area contributed by atoms with E-state index in [9.17, 15) is 5.11 Å². The molecular formula is C20H18N4O2. The van der Waals surface area contributed by atoms with Crippen molar-refractivity contribution in [3.63, 3.8) is 0 Å². The van der Waals surface area contributed by atoms with E-state index in [1.807, 2.05) is 55.5 Å². The summed E-state index contributed by atoms with van der Waals surface area (Å²) in [6.07, 6.45) is 1.46. The molecule has 0 aliphatic heterocycles. The third kappa shape index (κ3) is 3.22. The second-order valence-corrected chi connectivity index (χ2v) is 6.02. The van der Waals surface area contributed by atoms with Crippen LogP contribution >= 0.6 is 0 Å². The molecule has 2 aromatic carbocycles. The normalized spacial score (nSPS) is 12.2. The molecule has 26 heavy (non-hydrogen) atoms. The average Bonchev–Trinajstić information content (AvgIpc) is 3.12. The van der Waals surface area contributed by atoms with Gasteiger partial charge in [0.2, 0.25) is 5.88 Å². The van der Waals surface area contributed by atoms with Gasteiger partial charge in [0, 0.05) is 5.69 Å². The van der Waals surface area contributed by atoms with Crippen molar-refractivity contribution >= 4 is 11.0 Å². The van der Waals surface area contributed by atoms with Gasteiger partial charge >= 0.3 is 0 Å². The Morgan fingerprint density at radius 1 is 1.04 bits per heavy atom. The van der Waals surface area contributed by atoms with Gasteiger partial charge in [-0.25, -0.2) is 4.98 Å². The van der Waals surface area contributed by atoms with E-state index in [0.29, 0.717) is 11.5 Å². The summed E-state index contributed by atoms with van der Waals surface area (Å²) >= 11 is 0. The van der Waals surface area contributed by atoms with Crippen molar-refractivity contribution in [1.29, 1.82) is 0 Å². The lowest BCUT2D eigenvalue weighted by atomic mass is 10.1. The van der Waals surface area contributed by atoms with Crippen molar-refractivity contribution in [3.8, 4) is 22.9 Å². The molecule has 0 saturated heterocycles. The number of phenolic OH excluding ortho intramolecular Hbond substituents is 1. The number of aromatic hydroxyl groups is 1. The molecule has 1 unspecified atom stereocenters. The van der Waals surface area contributed by atoms with Crippen molar-refractivity contribution < 1.29 is 9.94 Å². The van der Waals surface area contributed by atoms with Gasteiger partial charge in [-0.3, -0.25) is 0 Å². The Kier molecular flexibility index (Phi) is 4.25. The maximum absolute atomic E-state index is 9.44. The highest BCUT2D eigenvalue weighted by atomic mass is 16.7. The van der Waals surface area contributed by atoms with E-state index in [2.05, 4.69) is 20.4 Å². The zero-order valence-electron chi connectivity index (χ0n) is 14.2. The number of phenols is 1. The second-order valence-electron chi connectivity index (χ2n) is 6.02. The number of hydrogen-bond acceptors (Lipinski definition) is 5. The van der Waals surface area contributed by atoms with E-state index in [0.717, 1.165) is 22.2 Å². The first-order chi connectivity index (χ1) is 12.7. The Morgan fingerprint density at radius 2 is 1.81 bits per heavy atom. The number of benzene rings is 2. The molecule has 4 rings (SSSR count). The summed E-state index contributed by atoms with van der Waals surface area (Å²) in [5.41, 5.74) is 6.65. The van der Waals surface area contributed by atoms with Crippen molar-refractivity contribution in [2.45, 2.75) is 13.0 Å². The summed E-state index contributed by atoms with van der Waals surface area (Å²) in [5, 5.41) is 10.2. The van der Waals surface area contributed by atoms with Gasteiger partial charge in [-0.05, 0) is 48.4 Å². The smallest absolute Gasteiger partial charge is 0.250 e.